The zero-order valence-electron chi connectivity index (χ0n) is 11.0. The highest BCUT2D eigenvalue weighted by Crippen LogP contribution is 2.34. The van der Waals surface area contributed by atoms with E-state index in [0.29, 0.717) is 4.47 Å². The molecule has 19 heavy (non-hydrogen) atoms. The third-order valence-corrected chi connectivity index (χ3v) is 4.65. The van der Waals surface area contributed by atoms with Gasteiger partial charge in [-0.2, -0.15) is 0 Å². The third-order valence-electron chi connectivity index (χ3n) is 2.91. The third kappa shape index (κ3) is 2.95. The lowest BCUT2D eigenvalue weighted by Crippen LogP contribution is -2.04. The number of carbonyl (C=O) groups excluding carboxylic acids is 1. The summed E-state index contributed by atoms with van der Waals surface area (Å²) in [7, 11) is 0. The van der Waals surface area contributed by atoms with Crippen LogP contribution in [-0.4, -0.2) is 5.78 Å². The Hall–Kier alpha value is -1.00. The summed E-state index contributed by atoms with van der Waals surface area (Å²) in [5.74, 6) is -0.175. The molecule has 0 aliphatic heterocycles. The highest BCUT2D eigenvalue weighted by molar-refractivity contribution is 9.10. The summed E-state index contributed by atoms with van der Waals surface area (Å²) in [4.78, 5) is 13.6. The first-order chi connectivity index (χ1) is 8.90. The first-order valence-corrected chi connectivity index (χ1v) is 7.61. The number of halogens is 2. The average molecular weight is 341 g/mol. The number of hydrogen-bond donors (Lipinski definition) is 0. The highest BCUT2D eigenvalue weighted by atomic mass is 79.9. The van der Waals surface area contributed by atoms with Gasteiger partial charge in [-0.1, -0.05) is 13.8 Å². The monoisotopic (exact) mass is 340 g/mol. The molecule has 0 radical (unpaired) electrons. The van der Waals surface area contributed by atoms with Gasteiger partial charge in [-0.15, -0.1) is 11.3 Å². The fraction of sp³-hybridized carbons (Fsp3) is 0.267. The Labute approximate surface area is 124 Å². The largest absolute Gasteiger partial charge is 0.293 e. The summed E-state index contributed by atoms with van der Waals surface area (Å²) in [6.45, 7) is 5.70. The van der Waals surface area contributed by atoms with Crippen molar-refractivity contribution in [1.29, 1.82) is 0 Å². The summed E-state index contributed by atoms with van der Waals surface area (Å²) in [5, 5.41) is 0. The molecule has 4 heteroatoms. The van der Waals surface area contributed by atoms with E-state index in [1.165, 1.54) is 17.4 Å². The molecule has 0 aliphatic carbocycles. The zero-order chi connectivity index (χ0) is 14.2. The molecule has 0 saturated carbocycles. The van der Waals surface area contributed by atoms with Crippen LogP contribution >= 0.6 is 27.3 Å². The number of benzene rings is 1. The van der Waals surface area contributed by atoms with Crippen molar-refractivity contribution in [1.82, 2.24) is 0 Å². The molecule has 1 aromatic carbocycles. The maximum atomic E-state index is 13.6. The Morgan fingerprint density at radius 1 is 1.32 bits per heavy atom. The minimum Gasteiger partial charge on any atom is -0.293 e. The van der Waals surface area contributed by atoms with Gasteiger partial charge < -0.3 is 0 Å². The van der Waals surface area contributed by atoms with E-state index in [1.807, 2.05) is 32.9 Å². The molecular weight excluding hydrogens is 327 g/mol. The molecule has 0 aliphatic rings. The quantitative estimate of drug-likeness (QED) is 0.677. The van der Waals surface area contributed by atoms with Crippen LogP contribution in [0.5, 0.6) is 0 Å². The summed E-state index contributed by atoms with van der Waals surface area (Å²) >= 11 is 4.59. The van der Waals surface area contributed by atoms with Gasteiger partial charge in [-0.3, -0.25) is 4.79 Å². The molecule has 0 atom stereocenters. The second-order valence-corrected chi connectivity index (χ2v) is 6.70. The van der Waals surface area contributed by atoms with Crippen molar-refractivity contribution in [2.45, 2.75) is 20.8 Å². The van der Waals surface area contributed by atoms with Gasteiger partial charge in [0, 0.05) is 10.8 Å². The van der Waals surface area contributed by atoms with Crippen LogP contribution in [0.2, 0.25) is 0 Å². The van der Waals surface area contributed by atoms with Crippen LogP contribution in [0.3, 0.4) is 0 Å². The average Bonchev–Trinajstić information content (AvgIpc) is 2.81. The van der Waals surface area contributed by atoms with Crippen LogP contribution in [-0.2, 0) is 0 Å². The Bertz CT molecular complexity index is 631. The standard InChI is InChI=1S/C15H14BrFOS/c1-8(2)15(18)14-5-4-13(19-14)10-7-12(17)11(16)6-9(10)3/h4-8H,1-3H3. The molecule has 0 amide bonds. The van der Waals surface area contributed by atoms with Crippen molar-refractivity contribution < 1.29 is 9.18 Å². The number of ketones is 1. The molecule has 2 aromatic rings. The fourth-order valence-corrected chi connectivity index (χ4v) is 3.44. The predicted molar refractivity (Wildman–Crippen MR) is 81.3 cm³/mol. The summed E-state index contributed by atoms with van der Waals surface area (Å²) < 4.78 is 14.1. The van der Waals surface area contributed by atoms with Gasteiger partial charge in [0.15, 0.2) is 5.78 Å². The number of thiophene rings is 1. The first-order valence-electron chi connectivity index (χ1n) is 6.00. The molecule has 1 heterocycles. The lowest BCUT2D eigenvalue weighted by atomic mass is 10.1. The van der Waals surface area contributed by atoms with Crippen LogP contribution in [0.15, 0.2) is 28.7 Å². The van der Waals surface area contributed by atoms with Gasteiger partial charge in [-0.25, -0.2) is 4.39 Å². The summed E-state index contributed by atoms with van der Waals surface area (Å²) in [5.41, 5.74) is 1.83. The number of Topliss-reactive ketones (excluding diaryl/α,β-unsaturated/α-hetero) is 1. The van der Waals surface area contributed by atoms with E-state index in [-0.39, 0.29) is 17.5 Å². The van der Waals surface area contributed by atoms with Gasteiger partial charge in [0.1, 0.15) is 5.82 Å². The van der Waals surface area contributed by atoms with Crippen LogP contribution < -0.4 is 0 Å². The summed E-state index contributed by atoms with van der Waals surface area (Å²) in [6.07, 6.45) is 0. The molecule has 0 fully saturated rings. The second kappa shape index (κ2) is 5.55. The molecule has 0 spiro atoms. The van der Waals surface area contributed by atoms with Crippen molar-refractivity contribution in [3.63, 3.8) is 0 Å². The molecule has 0 unspecified atom stereocenters. The highest BCUT2D eigenvalue weighted by Gasteiger charge is 2.15. The maximum absolute atomic E-state index is 13.6. The first kappa shape index (κ1) is 14.4. The topological polar surface area (TPSA) is 17.1 Å². The Morgan fingerprint density at radius 2 is 2.00 bits per heavy atom. The van der Waals surface area contributed by atoms with Crippen molar-refractivity contribution >= 4 is 33.0 Å². The molecule has 1 aromatic heterocycles. The zero-order valence-corrected chi connectivity index (χ0v) is 13.4. The summed E-state index contributed by atoms with van der Waals surface area (Å²) in [6, 6.07) is 6.97. The smallest absolute Gasteiger partial charge is 0.175 e. The predicted octanol–water partition coefficient (Wildman–Crippen LogP) is 5.46. The van der Waals surface area contributed by atoms with E-state index in [4.69, 9.17) is 0 Å². The van der Waals surface area contributed by atoms with Crippen molar-refractivity contribution in [3.8, 4) is 10.4 Å². The molecule has 100 valence electrons. The molecular formula is C15H14BrFOS. The van der Waals surface area contributed by atoms with Gasteiger partial charge >= 0.3 is 0 Å². The SMILES string of the molecule is Cc1cc(Br)c(F)cc1-c1ccc(C(=O)C(C)C)s1. The second-order valence-electron chi connectivity index (χ2n) is 4.76. The van der Waals surface area contributed by atoms with Gasteiger partial charge in [0.2, 0.25) is 0 Å². The van der Waals surface area contributed by atoms with Gasteiger partial charge in [-0.05, 0) is 58.2 Å². The normalized spacial score (nSPS) is 11.1. The fourth-order valence-electron chi connectivity index (χ4n) is 1.81. The maximum Gasteiger partial charge on any atom is 0.175 e. The van der Waals surface area contributed by atoms with Crippen LogP contribution in [0.1, 0.15) is 29.1 Å². The number of hydrogen-bond acceptors (Lipinski definition) is 2. The molecule has 1 nitrogen and oxygen atoms in total. The molecule has 0 N–H and O–H groups in total. The van der Waals surface area contributed by atoms with Crippen molar-refractivity contribution in [3.05, 3.63) is 45.0 Å². The lowest BCUT2D eigenvalue weighted by molar-refractivity contribution is 0.0943. The van der Waals surface area contributed by atoms with E-state index in [2.05, 4.69) is 15.9 Å². The van der Waals surface area contributed by atoms with Crippen molar-refractivity contribution in [2.75, 3.05) is 0 Å². The molecule has 0 saturated heterocycles. The van der Waals surface area contributed by atoms with E-state index < -0.39 is 0 Å². The molecule has 2 rings (SSSR count). The van der Waals surface area contributed by atoms with E-state index in [1.54, 1.807) is 6.07 Å². The van der Waals surface area contributed by atoms with E-state index >= 15 is 0 Å². The number of rotatable bonds is 3. The van der Waals surface area contributed by atoms with Gasteiger partial charge in [0.25, 0.3) is 0 Å². The molecule has 0 bridgehead atoms. The van der Waals surface area contributed by atoms with E-state index in [0.717, 1.165) is 20.9 Å². The number of carbonyl (C=O) groups is 1. The number of aryl methyl sites for hydroxylation is 1. The van der Waals surface area contributed by atoms with E-state index in [9.17, 15) is 9.18 Å². The Balaban J connectivity index is 2.44. The Kier molecular flexibility index (Phi) is 4.21. The minimum atomic E-state index is -0.286. The van der Waals surface area contributed by atoms with Crippen LogP contribution in [0.25, 0.3) is 10.4 Å². The van der Waals surface area contributed by atoms with Crippen LogP contribution in [0.4, 0.5) is 4.39 Å². The van der Waals surface area contributed by atoms with Gasteiger partial charge in [0.05, 0.1) is 9.35 Å². The lowest BCUT2D eigenvalue weighted by Gasteiger charge is -2.05. The Morgan fingerprint density at radius 3 is 2.63 bits per heavy atom. The van der Waals surface area contributed by atoms with Crippen LogP contribution in [0, 0.1) is 18.7 Å². The van der Waals surface area contributed by atoms with Crippen molar-refractivity contribution in [2.24, 2.45) is 5.92 Å². The minimum absolute atomic E-state index is 0.0192.